The normalized spacial score (nSPS) is 40.4. The zero-order chi connectivity index (χ0) is 7.56. The van der Waals surface area contributed by atoms with E-state index in [9.17, 15) is 0 Å². The van der Waals surface area contributed by atoms with E-state index in [1.807, 2.05) is 0 Å². The Balaban J connectivity index is 2.41. The van der Waals surface area contributed by atoms with E-state index in [0.29, 0.717) is 6.42 Å². The minimum atomic E-state index is -0.276. The SMILES string of the molecule is [B][C@H]1C[C@H](OC)[C@@H](CO)O1. The van der Waals surface area contributed by atoms with Crippen LogP contribution < -0.4 is 0 Å². The lowest BCUT2D eigenvalue weighted by molar-refractivity contribution is -0.0205. The fourth-order valence-corrected chi connectivity index (χ4v) is 1.16. The molecule has 4 heteroatoms. The summed E-state index contributed by atoms with van der Waals surface area (Å²) in [6, 6.07) is -0.276. The number of hydrogen-bond acceptors (Lipinski definition) is 3. The molecule has 1 fully saturated rings. The van der Waals surface area contributed by atoms with Crippen molar-refractivity contribution in [1.82, 2.24) is 0 Å². The molecule has 1 heterocycles. The van der Waals surface area contributed by atoms with Crippen LogP contribution in [-0.2, 0) is 9.47 Å². The first kappa shape index (κ1) is 8.05. The fraction of sp³-hybridized carbons (Fsp3) is 1.00. The third-order valence-corrected chi connectivity index (χ3v) is 1.71. The average Bonchev–Trinajstić information content (AvgIpc) is 2.30. The molecular formula is C6H11BO3. The number of aliphatic hydroxyl groups is 1. The molecule has 2 radical (unpaired) electrons. The zero-order valence-electron chi connectivity index (χ0n) is 5.99. The first-order chi connectivity index (χ1) is 4.77. The van der Waals surface area contributed by atoms with Crippen LogP contribution in [0.4, 0.5) is 0 Å². The first-order valence-electron chi connectivity index (χ1n) is 3.32. The van der Waals surface area contributed by atoms with Crippen LogP contribution in [0.1, 0.15) is 6.42 Å². The van der Waals surface area contributed by atoms with Crippen molar-refractivity contribution in [3.63, 3.8) is 0 Å². The Kier molecular flexibility index (Phi) is 2.71. The van der Waals surface area contributed by atoms with Gasteiger partial charge in [0, 0.05) is 13.1 Å². The van der Waals surface area contributed by atoms with E-state index in [1.165, 1.54) is 0 Å². The van der Waals surface area contributed by atoms with Crippen molar-refractivity contribution in [1.29, 1.82) is 0 Å². The predicted molar refractivity (Wildman–Crippen MR) is 36.9 cm³/mol. The molecule has 0 aliphatic carbocycles. The first-order valence-corrected chi connectivity index (χ1v) is 3.32. The Bertz CT molecular complexity index is 97.2. The predicted octanol–water partition coefficient (Wildman–Crippen LogP) is -0.723. The highest BCUT2D eigenvalue weighted by atomic mass is 16.6. The standard InChI is InChI=1S/C6H11BO3/c1-9-4-2-6(7)10-5(4)3-8/h4-6,8H,2-3H2,1H3/t4-,5+,6+/m0/s1. The zero-order valence-corrected chi connectivity index (χ0v) is 5.99. The van der Waals surface area contributed by atoms with E-state index in [-0.39, 0.29) is 24.8 Å². The van der Waals surface area contributed by atoms with Gasteiger partial charge in [0.25, 0.3) is 0 Å². The van der Waals surface area contributed by atoms with Crippen molar-refractivity contribution in [3.8, 4) is 0 Å². The monoisotopic (exact) mass is 142 g/mol. The quantitative estimate of drug-likeness (QED) is 0.517. The molecule has 1 N–H and O–H groups in total. The van der Waals surface area contributed by atoms with Gasteiger partial charge in [0.1, 0.15) is 14.0 Å². The summed E-state index contributed by atoms with van der Waals surface area (Å²) in [5.74, 6) is 0. The molecule has 0 aromatic carbocycles. The fourth-order valence-electron chi connectivity index (χ4n) is 1.16. The molecule has 0 aromatic rings. The summed E-state index contributed by atoms with van der Waals surface area (Å²) in [7, 11) is 7.05. The van der Waals surface area contributed by atoms with E-state index < -0.39 is 0 Å². The molecule has 0 bridgehead atoms. The van der Waals surface area contributed by atoms with Crippen molar-refractivity contribution < 1.29 is 14.6 Å². The molecule has 1 saturated heterocycles. The molecular weight excluding hydrogens is 131 g/mol. The second-order valence-corrected chi connectivity index (χ2v) is 2.41. The summed E-state index contributed by atoms with van der Waals surface area (Å²) < 4.78 is 10.1. The Morgan fingerprint density at radius 3 is 2.90 bits per heavy atom. The summed E-state index contributed by atoms with van der Waals surface area (Å²) in [6.07, 6.45) is 0.391. The Morgan fingerprint density at radius 2 is 2.50 bits per heavy atom. The van der Waals surface area contributed by atoms with Crippen LogP contribution in [0.3, 0.4) is 0 Å². The molecule has 10 heavy (non-hydrogen) atoms. The third-order valence-electron chi connectivity index (χ3n) is 1.71. The number of rotatable bonds is 2. The Labute approximate surface area is 61.7 Å². The minimum absolute atomic E-state index is 0.0216. The van der Waals surface area contributed by atoms with E-state index in [0.717, 1.165) is 0 Å². The Hall–Kier alpha value is -0.0551. The molecule has 0 spiro atoms. The van der Waals surface area contributed by atoms with Gasteiger partial charge in [-0.2, -0.15) is 0 Å². The van der Waals surface area contributed by atoms with Crippen molar-refractivity contribution in [3.05, 3.63) is 0 Å². The molecule has 56 valence electrons. The van der Waals surface area contributed by atoms with Crippen molar-refractivity contribution in [2.45, 2.75) is 24.6 Å². The number of methoxy groups -OCH3 is 1. The molecule has 0 saturated carbocycles. The highest BCUT2D eigenvalue weighted by Gasteiger charge is 2.31. The highest BCUT2D eigenvalue weighted by molar-refractivity contribution is 6.11. The maximum Gasteiger partial charge on any atom is 0.109 e. The average molecular weight is 142 g/mol. The van der Waals surface area contributed by atoms with Gasteiger partial charge in [0.2, 0.25) is 0 Å². The largest absolute Gasteiger partial charge is 0.394 e. The van der Waals surface area contributed by atoms with Gasteiger partial charge < -0.3 is 14.6 Å². The van der Waals surface area contributed by atoms with E-state index >= 15 is 0 Å². The smallest absolute Gasteiger partial charge is 0.109 e. The van der Waals surface area contributed by atoms with E-state index in [2.05, 4.69) is 0 Å². The van der Waals surface area contributed by atoms with Gasteiger partial charge >= 0.3 is 0 Å². The minimum Gasteiger partial charge on any atom is -0.394 e. The molecule has 0 aromatic heterocycles. The second kappa shape index (κ2) is 3.37. The third kappa shape index (κ3) is 1.51. The topological polar surface area (TPSA) is 38.7 Å². The van der Waals surface area contributed by atoms with Gasteiger partial charge in [0.15, 0.2) is 0 Å². The molecule has 3 nitrogen and oxygen atoms in total. The number of ether oxygens (including phenoxy) is 2. The van der Waals surface area contributed by atoms with Crippen LogP contribution in [0.5, 0.6) is 0 Å². The number of hydrogen-bond donors (Lipinski definition) is 1. The van der Waals surface area contributed by atoms with Crippen LogP contribution in [0.15, 0.2) is 0 Å². The second-order valence-electron chi connectivity index (χ2n) is 2.41. The summed E-state index contributed by atoms with van der Waals surface area (Å²) in [4.78, 5) is 0. The maximum atomic E-state index is 8.72. The van der Waals surface area contributed by atoms with Crippen molar-refractivity contribution in [2.24, 2.45) is 0 Å². The van der Waals surface area contributed by atoms with Gasteiger partial charge in [-0.05, 0) is 6.42 Å². The molecule has 0 amide bonds. The molecule has 1 aliphatic rings. The molecule has 0 unspecified atom stereocenters. The van der Waals surface area contributed by atoms with Gasteiger partial charge in [-0.3, -0.25) is 0 Å². The lowest BCUT2D eigenvalue weighted by Crippen LogP contribution is -2.26. The van der Waals surface area contributed by atoms with Crippen LogP contribution in [0.2, 0.25) is 0 Å². The summed E-state index contributed by atoms with van der Waals surface area (Å²) in [5, 5.41) is 8.72. The van der Waals surface area contributed by atoms with E-state index in [1.54, 1.807) is 7.11 Å². The van der Waals surface area contributed by atoms with Crippen molar-refractivity contribution >= 4 is 7.85 Å². The van der Waals surface area contributed by atoms with Crippen LogP contribution in [-0.4, -0.2) is 44.9 Å². The maximum absolute atomic E-state index is 8.72. The van der Waals surface area contributed by atoms with Gasteiger partial charge in [-0.1, -0.05) is 0 Å². The van der Waals surface area contributed by atoms with Crippen molar-refractivity contribution in [2.75, 3.05) is 13.7 Å². The van der Waals surface area contributed by atoms with Crippen LogP contribution in [0, 0.1) is 0 Å². The lowest BCUT2D eigenvalue weighted by Gasteiger charge is -2.13. The summed E-state index contributed by atoms with van der Waals surface area (Å²) >= 11 is 0. The number of aliphatic hydroxyl groups excluding tert-OH is 1. The lowest BCUT2D eigenvalue weighted by atomic mass is 9.96. The van der Waals surface area contributed by atoms with Gasteiger partial charge in [-0.25, -0.2) is 0 Å². The van der Waals surface area contributed by atoms with E-state index in [4.69, 9.17) is 22.4 Å². The molecule has 1 rings (SSSR count). The van der Waals surface area contributed by atoms with Gasteiger partial charge in [0.05, 0.1) is 12.7 Å². The summed E-state index contributed by atoms with van der Waals surface area (Å²) in [6.45, 7) is -0.0216. The van der Waals surface area contributed by atoms with Gasteiger partial charge in [-0.15, -0.1) is 0 Å². The molecule has 1 aliphatic heterocycles. The highest BCUT2D eigenvalue weighted by Crippen LogP contribution is 2.19. The van der Waals surface area contributed by atoms with Crippen LogP contribution >= 0.6 is 0 Å². The Morgan fingerprint density at radius 1 is 1.80 bits per heavy atom. The van der Waals surface area contributed by atoms with Crippen LogP contribution in [0.25, 0.3) is 0 Å². The summed E-state index contributed by atoms with van der Waals surface area (Å²) in [5.41, 5.74) is 0. The molecule has 3 atom stereocenters.